The zero-order valence-electron chi connectivity index (χ0n) is 18.9. The Morgan fingerprint density at radius 3 is 2.69 bits per heavy atom. The monoisotopic (exact) mass is 483 g/mol. The predicted molar refractivity (Wildman–Crippen MR) is 122 cm³/mol. The summed E-state index contributed by atoms with van der Waals surface area (Å²) in [5, 5.41) is 7.40. The number of hydrogen-bond acceptors (Lipinski definition) is 6. The van der Waals surface area contributed by atoms with Crippen LogP contribution >= 0.6 is 0 Å². The lowest BCUT2D eigenvalue weighted by Gasteiger charge is -2.43. The molecule has 0 unspecified atom stereocenters. The van der Waals surface area contributed by atoms with Crippen LogP contribution in [0.25, 0.3) is 11.3 Å². The number of nitrogens with zero attached hydrogens (tertiary/aromatic N) is 4. The van der Waals surface area contributed by atoms with E-state index in [1.165, 1.54) is 6.07 Å². The van der Waals surface area contributed by atoms with Gasteiger partial charge in [-0.3, -0.25) is 14.8 Å². The Bertz CT molecular complexity index is 1270. The van der Waals surface area contributed by atoms with Crippen LogP contribution in [-0.2, 0) is 23.9 Å². The van der Waals surface area contributed by atoms with Crippen LogP contribution in [0.5, 0.6) is 5.75 Å². The molecule has 0 radical (unpaired) electrons. The molecule has 1 aromatic carbocycles. The van der Waals surface area contributed by atoms with E-state index in [1.54, 1.807) is 0 Å². The first-order chi connectivity index (χ1) is 16.8. The van der Waals surface area contributed by atoms with Gasteiger partial charge in [0, 0.05) is 43.5 Å². The second-order valence-corrected chi connectivity index (χ2v) is 9.56. The SMILES string of the molecule is O=C1CCc2cc(-c3[nH]ncc3CN3CCN(c4ccc(C(F)(F)F)cn4)C4(CC4)C3)ccc2O1. The Morgan fingerprint density at radius 2 is 1.94 bits per heavy atom. The van der Waals surface area contributed by atoms with E-state index in [0.717, 1.165) is 60.6 Å². The summed E-state index contributed by atoms with van der Waals surface area (Å²) < 4.78 is 44.1. The molecule has 10 heteroatoms. The van der Waals surface area contributed by atoms with Crippen molar-refractivity contribution in [1.82, 2.24) is 20.1 Å². The maximum atomic E-state index is 12.9. The fraction of sp³-hybridized carbons (Fsp3) is 0.400. The van der Waals surface area contributed by atoms with Gasteiger partial charge in [0.2, 0.25) is 0 Å². The van der Waals surface area contributed by atoms with Gasteiger partial charge >= 0.3 is 12.1 Å². The molecule has 0 atom stereocenters. The number of piperazine rings is 1. The molecule has 2 aromatic heterocycles. The van der Waals surface area contributed by atoms with Gasteiger partial charge in [0.25, 0.3) is 0 Å². The average molecular weight is 483 g/mol. The summed E-state index contributed by atoms with van der Waals surface area (Å²) in [6.07, 6.45) is 1.42. The minimum Gasteiger partial charge on any atom is -0.426 e. The van der Waals surface area contributed by atoms with Gasteiger partial charge in [-0.05, 0) is 55.2 Å². The van der Waals surface area contributed by atoms with Crippen molar-refractivity contribution in [2.75, 3.05) is 24.5 Å². The first kappa shape index (κ1) is 22.1. The van der Waals surface area contributed by atoms with Crippen molar-refractivity contribution >= 4 is 11.8 Å². The van der Waals surface area contributed by atoms with Gasteiger partial charge in [-0.25, -0.2) is 4.98 Å². The van der Waals surface area contributed by atoms with Crippen LogP contribution in [-0.4, -0.2) is 51.2 Å². The normalized spacial score (nSPS) is 19.5. The van der Waals surface area contributed by atoms with Gasteiger partial charge in [-0.1, -0.05) is 0 Å². The number of ether oxygens (including phenoxy) is 1. The summed E-state index contributed by atoms with van der Waals surface area (Å²) in [5.74, 6) is 1.02. The molecule has 1 saturated heterocycles. The van der Waals surface area contributed by atoms with Gasteiger partial charge in [0.05, 0.1) is 29.4 Å². The van der Waals surface area contributed by atoms with Crippen molar-refractivity contribution in [2.24, 2.45) is 0 Å². The van der Waals surface area contributed by atoms with E-state index in [-0.39, 0.29) is 11.5 Å². The summed E-state index contributed by atoms with van der Waals surface area (Å²) in [6, 6.07) is 8.42. The number of rotatable bonds is 4. The Balaban J connectivity index is 1.17. The molecular formula is C25H24F3N5O2. The van der Waals surface area contributed by atoms with Crippen LogP contribution in [0, 0.1) is 0 Å². The molecule has 1 N–H and O–H groups in total. The van der Waals surface area contributed by atoms with E-state index in [9.17, 15) is 18.0 Å². The third kappa shape index (κ3) is 4.16. The number of carbonyl (C=O) groups excluding carboxylic acids is 1. The smallest absolute Gasteiger partial charge is 0.417 e. The molecule has 1 spiro atoms. The molecule has 0 bridgehead atoms. The highest BCUT2D eigenvalue weighted by Crippen LogP contribution is 2.46. The average Bonchev–Trinajstić information content (AvgIpc) is 3.43. The van der Waals surface area contributed by atoms with Crippen LogP contribution in [0.4, 0.5) is 19.0 Å². The van der Waals surface area contributed by atoms with Crippen LogP contribution < -0.4 is 9.64 Å². The second-order valence-electron chi connectivity index (χ2n) is 9.56. The zero-order chi connectivity index (χ0) is 24.2. The number of carbonyl (C=O) groups is 1. The number of nitrogens with one attached hydrogen (secondary N) is 1. The molecule has 4 heterocycles. The van der Waals surface area contributed by atoms with E-state index in [0.29, 0.717) is 37.5 Å². The van der Waals surface area contributed by atoms with Gasteiger partial charge < -0.3 is 9.64 Å². The number of aromatic amines is 1. The van der Waals surface area contributed by atoms with Crippen molar-refractivity contribution < 1.29 is 22.7 Å². The number of H-pyrrole nitrogens is 1. The van der Waals surface area contributed by atoms with E-state index >= 15 is 0 Å². The van der Waals surface area contributed by atoms with E-state index in [2.05, 4.69) is 31.0 Å². The second kappa shape index (κ2) is 8.08. The van der Waals surface area contributed by atoms with E-state index in [4.69, 9.17) is 4.74 Å². The summed E-state index contributed by atoms with van der Waals surface area (Å²) in [4.78, 5) is 20.2. The summed E-state index contributed by atoms with van der Waals surface area (Å²) in [7, 11) is 0. The summed E-state index contributed by atoms with van der Waals surface area (Å²) in [5.41, 5.74) is 3.23. The molecule has 3 aromatic rings. The number of halogens is 3. The molecule has 2 aliphatic heterocycles. The molecule has 6 rings (SSSR count). The quantitative estimate of drug-likeness (QED) is 0.443. The molecule has 3 aliphatic rings. The lowest BCUT2D eigenvalue weighted by Crippen LogP contribution is -2.55. The van der Waals surface area contributed by atoms with Crippen LogP contribution in [0.2, 0.25) is 0 Å². The highest BCUT2D eigenvalue weighted by Gasteiger charge is 2.51. The van der Waals surface area contributed by atoms with Gasteiger partial charge in [0.15, 0.2) is 0 Å². The molecule has 7 nitrogen and oxygen atoms in total. The Morgan fingerprint density at radius 1 is 1.09 bits per heavy atom. The summed E-state index contributed by atoms with van der Waals surface area (Å²) >= 11 is 0. The molecule has 182 valence electrons. The molecule has 0 amide bonds. The van der Waals surface area contributed by atoms with Crippen molar-refractivity contribution in [2.45, 2.75) is 43.9 Å². The zero-order valence-corrected chi connectivity index (χ0v) is 18.9. The largest absolute Gasteiger partial charge is 0.426 e. The number of alkyl halides is 3. The molecular weight excluding hydrogens is 459 g/mol. The first-order valence-electron chi connectivity index (χ1n) is 11.7. The third-order valence-electron chi connectivity index (χ3n) is 7.19. The highest BCUT2D eigenvalue weighted by molar-refractivity contribution is 5.76. The molecule has 1 aliphatic carbocycles. The maximum Gasteiger partial charge on any atom is 0.417 e. The van der Waals surface area contributed by atoms with Crippen molar-refractivity contribution in [3.63, 3.8) is 0 Å². The first-order valence-corrected chi connectivity index (χ1v) is 11.7. The number of pyridine rings is 1. The number of aromatic nitrogens is 3. The number of fused-ring (bicyclic) bond motifs is 1. The fourth-order valence-electron chi connectivity index (χ4n) is 5.20. The standard InChI is InChI=1S/C25H24F3N5O2/c26-25(27,28)19-3-5-21(29-13-19)33-10-9-32(15-24(33)7-8-24)14-18-12-30-31-23(18)17-1-4-20-16(11-17)2-6-22(34)35-20/h1,3-5,11-13H,2,6-10,14-15H2,(H,30,31). The fourth-order valence-corrected chi connectivity index (χ4v) is 5.20. The van der Waals surface area contributed by atoms with Crippen LogP contribution in [0.15, 0.2) is 42.7 Å². The van der Waals surface area contributed by atoms with E-state index in [1.807, 2.05) is 18.3 Å². The number of benzene rings is 1. The molecule has 35 heavy (non-hydrogen) atoms. The van der Waals surface area contributed by atoms with Gasteiger partial charge in [-0.2, -0.15) is 18.3 Å². The Kier molecular flexibility index (Phi) is 5.10. The summed E-state index contributed by atoms with van der Waals surface area (Å²) in [6.45, 7) is 3.01. The Labute approximate surface area is 199 Å². The maximum absolute atomic E-state index is 12.9. The molecule has 2 fully saturated rings. The lowest BCUT2D eigenvalue weighted by atomic mass is 9.99. The van der Waals surface area contributed by atoms with Gasteiger partial charge in [0.1, 0.15) is 11.6 Å². The highest BCUT2D eigenvalue weighted by atomic mass is 19.4. The van der Waals surface area contributed by atoms with Crippen molar-refractivity contribution in [1.29, 1.82) is 0 Å². The van der Waals surface area contributed by atoms with Gasteiger partial charge in [-0.15, -0.1) is 0 Å². The third-order valence-corrected chi connectivity index (χ3v) is 7.19. The minimum atomic E-state index is -4.38. The lowest BCUT2D eigenvalue weighted by molar-refractivity contribution is -0.138. The molecule has 1 saturated carbocycles. The predicted octanol–water partition coefficient (Wildman–Crippen LogP) is 4.20. The number of esters is 1. The topological polar surface area (TPSA) is 74.4 Å². The van der Waals surface area contributed by atoms with Crippen LogP contribution in [0.3, 0.4) is 0 Å². The van der Waals surface area contributed by atoms with Crippen molar-refractivity contribution in [3.05, 3.63) is 59.4 Å². The minimum absolute atomic E-state index is 0.0788. The van der Waals surface area contributed by atoms with Crippen LogP contribution in [0.1, 0.15) is 36.0 Å². The number of hydrogen-bond donors (Lipinski definition) is 1. The number of anilines is 1. The van der Waals surface area contributed by atoms with E-state index < -0.39 is 11.7 Å². The number of aryl methyl sites for hydroxylation is 1. The Hall–Kier alpha value is -3.40. The van der Waals surface area contributed by atoms with Crippen molar-refractivity contribution in [3.8, 4) is 17.0 Å².